The van der Waals surface area contributed by atoms with Crippen LogP contribution in [0.5, 0.6) is 0 Å². The van der Waals surface area contributed by atoms with E-state index >= 15 is 0 Å². The first kappa shape index (κ1) is 12.0. The second-order valence-electron chi connectivity index (χ2n) is 6.48. The van der Waals surface area contributed by atoms with Gasteiger partial charge in [0.15, 0.2) is 0 Å². The monoisotopic (exact) mass is 236 g/mol. The molecule has 98 valence electrons. The molecule has 2 aliphatic heterocycles. The van der Waals surface area contributed by atoms with Crippen molar-refractivity contribution in [1.82, 2.24) is 9.80 Å². The van der Waals surface area contributed by atoms with Crippen molar-refractivity contribution in [3.05, 3.63) is 0 Å². The van der Waals surface area contributed by atoms with Gasteiger partial charge in [-0.25, -0.2) is 0 Å². The van der Waals surface area contributed by atoms with E-state index in [-0.39, 0.29) is 0 Å². The summed E-state index contributed by atoms with van der Waals surface area (Å²) in [5.41, 5.74) is 0. The van der Waals surface area contributed by atoms with Crippen LogP contribution in [0.15, 0.2) is 0 Å². The van der Waals surface area contributed by atoms with Gasteiger partial charge in [-0.15, -0.1) is 0 Å². The molecule has 1 aliphatic carbocycles. The largest absolute Gasteiger partial charge is 0.298 e. The van der Waals surface area contributed by atoms with E-state index in [1.807, 2.05) is 0 Å². The molecule has 3 unspecified atom stereocenters. The van der Waals surface area contributed by atoms with Crippen LogP contribution in [0.3, 0.4) is 0 Å². The average molecular weight is 236 g/mol. The van der Waals surface area contributed by atoms with Gasteiger partial charge in [0.2, 0.25) is 0 Å². The lowest BCUT2D eigenvalue weighted by Gasteiger charge is -2.49. The zero-order valence-corrected chi connectivity index (χ0v) is 11.6. The SMILES string of the molecule is CCC1CN2CCCC2CN1C(C)C1CCC1. The summed E-state index contributed by atoms with van der Waals surface area (Å²) in [5, 5.41) is 0. The Labute approximate surface area is 106 Å². The summed E-state index contributed by atoms with van der Waals surface area (Å²) in [6, 6.07) is 2.57. The molecule has 0 N–H and O–H groups in total. The lowest BCUT2D eigenvalue weighted by atomic mass is 9.79. The Balaban J connectivity index is 1.67. The fraction of sp³-hybridized carbons (Fsp3) is 1.00. The summed E-state index contributed by atoms with van der Waals surface area (Å²) in [7, 11) is 0. The van der Waals surface area contributed by atoms with Gasteiger partial charge in [0.25, 0.3) is 0 Å². The lowest BCUT2D eigenvalue weighted by molar-refractivity contribution is -0.00779. The van der Waals surface area contributed by atoms with E-state index in [2.05, 4.69) is 23.6 Å². The first-order valence-corrected chi connectivity index (χ1v) is 7.79. The molecule has 3 rings (SSSR count). The maximum Gasteiger partial charge on any atom is 0.0224 e. The van der Waals surface area contributed by atoms with Crippen molar-refractivity contribution >= 4 is 0 Å². The lowest BCUT2D eigenvalue weighted by Crippen LogP contribution is -2.60. The fourth-order valence-electron chi connectivity index (χ4n) is 4.17. The van der Waals surface area contributed by atoms with Crippen molar-refractivity contribution in [3.8, 4) is 0 Å². The second kappa shape index (κ2) is 4.89. The topological polar surface area (TPSA) is 6.48 Å². The number of hydrogen-bond donors (Lipinski definition) is 0. The Hall–Kier alpha value is -0.0800. The van der Waals surface area contributed by atoms with E-state index < -0.39 is 0 Å². The van der Waals surface area contributed by atoms with Crippen LogP contribution in [0.4, 0.5) is 0 Å². The van der Waals surface area contributed by atoms with E-state index in [4.69, 9.17) is 0 Å². The Morgan fingerprint density at radius 1 is 1.12 bits per heavy atom. The molecule has 0 bridgehead atoms. The van der Waals surface area contributed by atoms with E-state index in [0.29, 0.717) is 0 Å². The van der Waals surface area contributed by atoms with Crippen molar-refractivity contribution in [3.63, 3.8) is 0 Å². The zero-order chi connectivity index (χ0) is 11.8. The van der Waals surface area contributed by atoms with E-state index in [9.17, 15) is 0 Å². The normalized spacial score (nSPS) is 37.8. The van der Waals surface area contributed by atoms with Gasteiger partial charge in [-0.2, -0.15) is 0 Å². The van der Waals surface area contributed by atoms with Crippen molar-refractivity contribution < 1.29 is 0 Å². The molecule has 2 heteroatoms. The zero-order valence-electron chi connectivity index (χ0n) is 11.6. The first-order chi connectivity index (χ1) is 8.29. The van der Waals surface area contributed by atoms with Crippen molar-refractivity contribution in [1.29, 1.82) is 0 Å². The number of nitrogens with zero attached hydrogens (tertiary/aromatic N) is 2. The van der Waals surface area contributed by atoms with Crippen molar-refractivity contribution in [2.75, 3.05) is 19.6 Å². The molecular weight excluding hydrogens is 208 g/mol. The average Bonchev–Trinajstić information content (AvgIpc) is 2.71. The standard InChI is InChI=1S/C15H28N2/c1-3-14-10-16-9-5-8-15(16)11-17(14)12(2)13-6-4-7-13/h12-15H,3-11H2,1-2H3. The third-order valence-electron chi connectivity index (χ3n) is 5.66. The van der Waals surface area contributed by atoms with Crippen molar-refractivity contribution in [2.45, 2.75) is 70.5 Å². The minimum Gasteiger partial charge on any atom is -0.298 e. The van der Waals surface area contributed by atoms with Crippen LogP contribution in [0.1, 0.15) is 52.4 Å². The highest BCUT2D eigenvalue weighted by molar-refractivity contribution is 4.95. The third-order valence-corrected chi connectivity index (χ3v) is 5.66. The number of piperazine rings is 1. The number of fused-ring (bicyclic) bond motifs is 1. The van der Waals surface area contributed by atoms with Crippen LogP contribution in [0.25, 0.3) is 0 Å². The Morgan fingerprint density at radius 3 is 2.59 bits per heavy atom. The van der Waals surface area contributed by atoms with Gasteiger partial charge in [-0.3, -0.25) is 9.80 Å². The second-order valence-corrected chi connectivity index (χ2v) is 6.48. The van der Waals surface area contributed by atoms with E-state index in [1.54, 1.807) is 0 Å². The van der Waals surface area contributed by atoms with Crippen LogP contribution >= 0.6 is 0 Å². The molecule has 3 aliphatic rings. The van der Waals surface area contributed by atoms with E-state index in [0.717, 1.165) is 24.0 Å². The molecule has 2 heterocycles. The molecule has 2 nitrogen and oxygen atoms in total. The Morgan fingerprint density at radius 2 is 1.94 bits per heavy atom. The van der Waals surface area contributed by atoms with Gasteiger partial charge in [0, 0.05) is 31.2 Å². The minimum atomic E-state index is 0.833. The molecule has 3 atom stereocenters. The molecule has 17 heavy (non-hydrogen) atoms. The molecule has 0 aromatic carbocycles. The molecule has 0 aromatic heterocycles. The van der Waals surface area contributed by atoms with Crippen LogP contribution in [0.2, 0.25) is 0 Å². The molecule has 0 amide bonds. The van der Waals surface area contributed by atoms with Crippen LogP contribution in [-0.4, -0.2) is 47.6 Å². The molecule has 0 spiro atoms. The Kier molecular flexibility index (Phi) is 3.45. The third kappa shape index (κ3) is 2.15. The molecular formula is C15H28N2. The number of hydrogen-bond acceptors (Lipinski definition) is 2. The minimum absolute atomic E-state index is 0.833. The van der Waals surface area contributed by atoms with Crippen LogP contribution < -0.4 is 0 Å². The summed E-state index contributed by atoms with van der Waals surface area (Å²) in [4.78, 5) is 5.63. The van der Waals surface area contributed by atoms with E-state index in [1.165, 1.54) is 58.2 Å². The maximum atomic E-state index is 2.87. The maximum absolute atomic E-state index is 2.87. The van der Waals surface area contributed by atoms with Gasteiger partial charge in [0.05, 0.1) is 0 Å². The first-order valence-electron chi connectivity index (χ1n) is 7.79. The molecule has 1 saturated carbocycles. The van der Waals surface area contributed by atoms with Crippen LogP contribution in [-0.2, 0) is 0 Å². The molecule has 0 radical (unpaired) electrons. The van der Waals surface area contributed by atoms with Gasteiger partial charge in [0.1, 0.15) is 0 Å². The predicted octanol–water partition coefficient (Wildman–Crippen LogP) is 2.73. The smallest absolute Gasteiger partial charge is 0.0224 e. The van der Waals surface area contributed by atoms with Crippen molar-refractivity contribution in [2.24, 2.45) is 5.92 Å². The highest BCUT2D eigenvalue weighted by Gasteiger charge is 2.39. The number of rotatable bonds is 3. The Bertz CT molecular complexity index is 262. The fourth-order valence-corrected chi connectivity index (χ4v) is 4.17. The van der Waals surface area contributed by atoms with Gasteiger partial charge in [-0.1, -0.05) is 13.3 Å². The molecule has 2 saturated heterocycles. The highest BCUT2D eigenvalue weighted by atomic mass is 15.3. The summed E-state index contributed by atoms with van der Waals surface area (Å²) < 4.78 is 0. The quantitative estimate of drug-likeness (QED) is 0.743. The summed E-state index contributed by atoms with van der Waals surface area (Å²) in [6.45, 7) is 8.94. The highest BCUT2D eigenvalue weighted by Crippen LogP contribution is 2.35. The van der Waals surface area contributed by atoms with Gasteiger partial charge in [-0.05, 0) is 51.5 Å². The van der Waals surface area contributed by atoms with Gasteiger partial charge >= 0.3 is 0 Å². The van der Waals surface area contributed by atoms with Crippen LogP contribution in [0, 0.1) is 5.92 Å². The summed E-state index contributed by atoms with van der Waals surface area (Å²) in [5.74, 6) is 1.01. The molecule has 0 aromatic rings. The summed E-state index contributed by atoms with van der Waals surface area (Å²) >= 11 is 0. The van der Waals surface area contributed by atoms with Gasteiger partial charge < -0.3 is 0 Å². The predicted molar refractivity (Wildman–Crippen MR) is 72.2 cm³/mol. The summed E-state index contributed by atoms with van der Waals surface area (Å²) in [6.07, 6.45) is 8.68. The molecule has 3 fully saturated rings.